The van der Waals surface area contributed by atoms with Crippen molar-refractivity contribution in [3.05, 3.63) is 29.1 Å². The molecule has 0 amide bonds. The lowest BCUT2D eigenvalue weighted by Gasteiger charge is -2.31. The highest BCUT2D eigenvalue weighted by Crippen LogP contribution is 2.28. The topological polar surface area (TPSA) is 66.5 Å². The minimum absolute atomic E-state index is 0.188. The highest BCUT2D eigenvalue weighted by Gasteiger charge is 2.22. The highest BCUT2D eigenvalue weighted by atomic mass is 16.3. The Morgan fingerprint density at radius 3 is 2.62 bits per heavy atom. The van der Waals surface area contributed by atoms with Gasteiger partial charge in [-0.2, -0.15) is 4.52 Å². The molecule has 0 radical (unpaired) electrons. The number of piperidine rings is 1. The van der Waals surface area contributed by atoms with Crippen LogP contribution in [0.15, 0.2) is 12.1 Å². The van der Waals surface area contributed by atoms with E-state index in [1.54, 1.807) is 0 Å². The minimum atomic E-state index is -0.188. The molecule has 6 heteroatoms. The van der Waals surface area contributed by atoms with E-state index >= 15 is 0 Å². The van der Waals surface area contributed by atoms with Gasteiger partial charge in [0, 0.05) is 30.5 Å². The summed E-state index contributed by atoms with van der Waals surface area (Å²) >= 11 is 0. The quantitative estimate of drug-likeness (QED) is 0.784. The Kier molecular flexibility index (Phi) is 3.64. The molecule has 3 aromatic heterocycles. The SMILES string of the molecule is CCc1cc(N2CCC(O)CC2)n2nc3nc(C)cc(C)c3c2n1. The Balaban J connectivity index is 1.97. The van der Waals surface area contributed by atoms with Gasteiger partial charge in [0.2, 0.25) is 0 Å². The Morgan fingerprint density at radius 1 is 1.17 bits per heavy atom. The zero-order valence-corrected chi connectivity index (χ0v) is 14.5. The number of aryl methyl sites for hydroxylation is 3. The summed E-state index contributed by atoms with van der Waals surface area (Å²) in [5, 5.41) is 15.6. The number of anilines is 1. The van der Waals surface area contributed by atoms with Crippen LogP contribution in [0.2, 0.25) is 0 Å². The number of nitrogens with zero attached hydrogens (tertiary/aromatic N) is 5. The van der Waals surface area contributed by atoms with Gasteiger partial charge in [0.15, 0.2) is 11.3 Å². The Hall–Kier alpha value is -2.21. The molecule has 126 valence electrons. The fourth-order valence-corrected chi connectivity index (χ4v) is 3.56. The molecule has 1 fully saturated rings. The minimum Gasteiger partial charge on any atom is -0.393 e. The lowest BCUT2D eigenvalue weighted by molar-refractivity contribution is 0.145. The molecule has 0 aliphatic carbocycles. The lowest BCUT2D eigenvalue weighted by Crippen LogP contribution is -2.37. The van der Waals surface area contributed by atoms with Gasteiger partial charge in [-0.3, -0.25) is 0 Å². The number of aliphatic hydroxyl groups excluding tert-OH is 1. The summed E-state index contributed by atoms with van der Waals surface area (Å²) in [6.07, 6.45) is 2.28. The van der Waals surface area contributed by atoms with Crippen LogP contribution < -0.4 is 4.90 Å². The third-order valence-electron chi connectivity index (χ3n) is 4.86. The van der Waals surface area contributed by atoms with Crippen LogP contribution in [0, 0.1) is 13.8 Å². The maximum atomic E-state index is 9.80. The van der Waals surface area contributed by atoms with Crippen molar-refractivity contribution in [2.45, 2.75) is 46.1 Å². The molecular weight excluding hydrogens is 302 g/mol. The van der Waals surface area contributed by atoms with Crippen molar-refractivity contribution >= 4 is 22.5 Å². The van der Waals surface area contributed by atoms with E-state index in [0.717, 1.165) is 71.8 Å². The first-order valence-electron chi connectivity index (χ1n) is 8.66. The van der Waals surface area contributed by atoms with Crippen molar-refractivity contribution in [2.24, 2.45) is 0 Å². The molecular formula is C18H23N5O. The number of hydrogen-bond acceptors (Lipinski definition) is 5. The van der Waals surface area contributed by atoms with Crippen LogP contribution in [0.5, 0.6) is 0 Å². The van der Waals surface area contributed by atoms with E-state index in [1.165, 1.54) is 0 Å². The van der Waals surface area contributed by atoms with Gasteiger partial charge in [-0.05, 0) is 44.7 Å². The van der Waals surface area contributed by atoms with Crippen molar-refractivity contribution in [1.29, 1.82) is 0 Å². The van der Waals surface area contributed by atoms with Crippen LogP contribution in [-0.4, -0.2) is 43.9 Å². The summed E-state index contributed by atoms with van der Waals surface area (Å²) in [4.78, 5) is 11.7. The number of pyridine rings is 1. The third-order valence-corrected chi connectivity index (χ3v) is 4.86. The normalized spacial score (nSPS) is 16.4. The second-order valence-corrected chi connectivity index (χ2v) is 6.69. The van der Waals surface area contributed by atoms with Crippen molar-refractivity contribution in [3.8, 4) is 0 Å². The van der Waals surface area contributed by atoms with Gasteiger partial charge >= 0.3 is 0 Å². The summed E-state index contributed by atoms with van der Waals surface area (Å²) in [7, 11) is 0. The summed E-state index contributed by atoms with van der Waals surface area (Å²) in [5.74, 6) is 1.05. The zero-order chi connectivity index (χ0) is 16.8. The number of aromatic nitrogens is 4. The predicted molar refractivity (Wildman–Crippen MR) is 94.6 cm³/mol. The van der Waals surface area contributed by atoms with Crippen LogP contribution in [0.4, 0.5) is 5.82 Å². The average molecular weight is 325 g/mol. The molecule has 24 heavy (non-hydrogen) atoms. The lowest BCUT2D eigenvalue weighted by atomic mass is 10.1. The molecule has 0 bridgehead atoms. The molecule has 3 aromatic rings. The number of aliphatic hydroxyl groups is 1. The Morgan fingerprint density at radius 2 is 1.92 bits per heavy atom. The summed E-state index contributed by atoms with van der Waals surface area (Å²) in [6.45, 7) is 7.89. The average Bonchev–Trinajstić information content (AvgIpc) is 2.92. The third kappa shape index (κ3) is 2.41. The van der Waals surface area contributed by atoms with Gasteiger partial charge in [-0.1, -0.05) is 6.92 Å². The summed E-state index contributed by atoms with van der Waals surface area (Å²) < 4.78 is 1.93. The van der Waals surface area contributed by atoms with Crippen LogP contribution in [-0.2, 0) is 6.42 Å². The van der Waals surface area contributed by atoms with E-state index in [9.17, 15) is 5.11 Å². The molecule has 4 heterocycles. The first-order chi connectivity index (χ1) is 11.6. The first kappa shape index (κ1) is 15.3. The molecule has 0 spiro atoms. The molecule has 1 aliphatic heterocycles. The fraction of sp³-hybridized carbons (Fsp3) is 0.500. The van der Waals surface area contributed by atoms with Crippen molar-refractivity contribution < 1.29 is 5.11 Å². The fourth-order valence-electron chi connectivity index (χ4n) is 3.56. The zero-order valence-electron chi connectivity index (χ0n) is 14.5. The van der Waals surface area contributed by atoms with Gasteiger partial charge < -0.3 is 10.0 Å². The molecule has 0 unspecified atom stereocenters. The van der Waals surface area contributed by atoms with Gasteiger partial charge in [-0.25, -0.2) is 9.97 Å². The molecule has 0 aromatic carbocycles. The van der Waals surface area contributed by atoms with Gasteiger partial charge in [0.05, 0.1) is 11.5 Å². The summed E-state index contributed by atoms with van der Waals surface area (Å²) in [5.41, 5.74) is 4.84. The molecule has 1 N–H and O–H groups in total. The van der Waals surface area contributed by atoms with E-state index in [2.05, 4.69) is 35.9 Å². The monoisotopic (exact) mass is 325 g/mol. The second-order valence-electron chi connectivity index (χ2n) is 6.69. The largest absolute Gasteiger partial charge is 0.393 e. The molecule has 1 aliphatic rings. The van der Waals surface area contributed by atoms with Gasteiger partial charge in [0.1, 0.15) is 5.82 Å². The van der Waals surface area contributed by atoms with Crippen LogP contribution >= 0.6 is 0 Å². The smallest absolute Gasteiger partial charge is 0.184 e. The van der Waals surface area contributed by atoms with Gasteiger partial charge in [0.25, 0.3) is 0 Å². The first-order valence-corrected chi connectivity index (χ1v) is 8.66. The van der Waals surface area contributed by atoms with E-state index in [1.807, 2.05) is 11.4 Å². The molecule has 0 atom stereocenters. The number of fused-ring (bicyclic) bond motifs is 3. The second kappa shape index (κ2) is 5.70. The maximum Gasteiger partial charge on any atom is 0.184 e. The number of hydrogen-bond donors (Lipinski definition) is 1. The van der Waals surface area contributed by atoms with Crippen LogP contribution in [0.3, 0.4) is 0 Å². The predicted octanol–water partition coefficient (Wildman–Crippen LogP) is 2.42. The highest BCUT2D eigenvalue weighted by molar-refractivity contribution is 5.93. The van der Waals surface area contributed by atoms with Crippen LogP contribution in [0.1, 0.15) is 36.7 Å². The molecule has 0 saturated carbocycles. The molecule has 4 rings (SSSR count). The van der Waals surface area contributed by atoms with Crippen molar-refractivity contribution in [1.82, 2.24) is 19.6 Å². The van der Waals surface area contributed by atoms with E-state index < -0.39 is 0 Å². The van der Waals surface area contributed by atoms with E-state index in [4.69, 9.17) is 10.1 Å². The molecule has 1 saturated heterocycles. The van der Waals surface area contributed by atoms with Crippen molar-refractivity contribution in [2.75, 3.05) is 18.0 Å². The number of rotatable bonds is 2. The van der Waals surface area contributed by atoms with Crippen LogP contribution in [0.25, 0.3) is 16.7 Å². The standard InChI is InChI=1S/C18H23N5O/c1-4-13-10-15(22-7-5-14(24)6-8-22)23-18(20-13)16-11(2)9-12(3)19-17(16)21-23/h9-10,14,24H,4-8H2,1-3H3. The van der Waals surface area contributed by atoms with E-state index in [-0.39, 0.29) is 6.10 Å². The maximum absolute atomic E-state index is 9.80. The van der Waals surface area contributed by atoms with Gasteiger partial charge in [-0.15, -0.1) is 5.10 Å². The molecule has 6 nitrogen and oxygen atoms in total. The van der Waals surface area contributed by atoms with E-state index in [0.29, 0.717) is 0 Å². The Labute approximate surface area is 141 Å². The van der Waals surface area contributed by atoms with Crippen molar-refractivity contribution in [3.63, 3.8) is 0 Å². The Bertz CT molecular complexity index is 909. The summed E-state index contributed by atoms with van der Waals surface area (Å²) in [6, 6.07) is 4.21.